The Balaban J connectivity index is 1.70. The van der Waals surface area contributed by atoms with Gasteiger partial charge in [0.1, 0.15) is 11.4 Å². The van der Waals surface area contributed by atoms with Crippen molar-refractivity contribution in [2.45, 2.75) is 26.1 Å². The number of rotatable bonds is 6. The average molecular weight is 420 g/mol. The molecule has 4 rings (SSSR count). The van der Waals surface area contributed by atoms with E-state index in [1.54, 1.807) is 36.5 Å². The molecule has 0 aliphatic rings. The molecule has 0 amide bonds. The number of nitrogens with zero attached hydrogens (tertiary/aromatic N) is 3. The fourth-order valence-electron chi connectivity index (χ4n) is 3.55. The summed E-state index contributed by atoms with van der Waals surface area (Å²) in [5.74, 6) is 0.254. The number of benzene rings is 2. The van der Waals surface area contributed by atoms with E-state index >= 15 is 0 Å². The summed E-state index contributed by atoms with van der Waals surface area (Å²) in [7, 11) is 0. The molecule has 0 radical (unpaired) electrons. The van der Waals surface area contributed by atoms with Gasteiger partial charge in [-0.25, -0.2) is 4.98 Å². The number of phenolic OH excluding ortho intramolecular Hbond substituents is 1. The minimum absolute atomic E-state index is 0.0521. The molecule has 2 heterocycles. The van der Waals surface area contributed by atoms with E-state index in [1.807, 2.05) is 30.3 Å². The van der Waals surface area contributed by atoms with E-state index in [0.717, 1.165) is 11.1 Å². The first-order chi connectivity index (χ1) is 14.5. The van der Waals surface area contributed by atoms with Gasteiger partial charge < -0.3 is 5.11 Å². The molecule has 0 aliphatic carbocycles. The summed E-state index contributed by atoms with van der Waals surface area (Å²) in [5, 5.41) is 10.8. The molecule has 0 fully saturated rings. The fourth-order valence-corrected chi connectivity index (χ4v) is 3.71. The van der Waals surface area contributed by atoms with Gasteiger partial charge in [0.2, 0.25) is 0 Å². The molecule has 6 heteroatoms. The van der Waals surface area contributed by atoms with Gasteiger partial charge in [-0.3, -0.25) is 14.1 Å². The molecule has 0 aliphatic heterocycles. The normalized spacial score (nSPS) is 12.4. The third kappa shape index (κ3) is 4.37. The molecule has 0 saturated carbocycles. The summed E-state index contributed by atoms with van der Waals surface area (Å²) in [6.45, 7) is 3.09. The average Bonchev–Trinajstić information content (AvgIpc) is 2.75. The first-order valence-corrected chi connectivity index (χ1v) is 10.1. The molecule has 0 bridgehead atoms. The molecular weight excluding hydrogens is 398 g/mol. The minimum Gasteiger partial charge on any atom is -0.508 e. The van der Waals surface area contributed by atoms with Crippen molar-refractivity contribution in [2.24, 2.45) is 0 Å². The van der Waals surface area contributed by atoms with Gasteiger partial charge in [-0.1, -0.05) is 60.1 Å². The predicted molar refractivity (Wildman–Crippen MR) is 119 cm³/mol. The van der Waals surface area contributed by atoms with Crippen LogP contribution in [0.2, 0.25) is 5.02 Å². The van der Waals surface area contributed by atoms with Crippen molar-refractivity contribution in [3.05, 3.63) is 111 Å². The Morgan fingerprint density at radius 2 is 1.77 bits per heavy atom. The number of hydrogen-bond donors (Lipinski definition) is 1. The molecular formula is C24H22ClN3O2. The third-order valence-electron chi connectivity index (χ3n) is 5.24. The van der Waals surface area contributed by atoms with Crippen molar-refractivity contribution in [1.29, 1.82) is 0 Å². The molecule has 1 N–H and O–H groups in total. The van der Waals surface area contributed by atoms with Crippen molar-refractivity contribution in [2.75, 3.05) is 0 Å². The molecule has 152 valence electrons. The van der Waals surface area contributed by atoms with Crippen LogP contribution >= 0.6 is 11.6 Å². The number of pyridine rings is 1. The van der Waals surface area contributed by atoms with Gasteiger partial charge in [0.15, 0.2) is 0 Å². The largest absolute Gasteiger partial charge is 0.508 e. The van der Waals surface area contributed by atoms with E-state index in [2.05, 4.69) is 28.9 Å². The van der Waals surface area contributed by atoms with Gasteiger partial charge in [0.25, 0.3) is 5.56 Å². The van der Waals surface area contributed by atoms with Crippen LogP contribution in [0, 0.1) is 0 Å². The second kappa shape index (κ2) is 8.69. The molecule has 4 aromatic rings. The van der Waals surface area contributed by atoms with E-state index in [9.17, 15) is 9.90 Å². The number of hydrogen-bond acceptors (Lipinski definition) is 4. The van der Waals surface area contributed by atoms with Crippen LogP contribution in [0.5, 0.6) is 5.75 Å². The monoisotopic (exact) mass is 419 g/mol. The van der Waals surface area contributed by atoms with Crippen molar-refractivity contribution in [3.8, 4) is 5.75 Å². The van der Waals surface area contributed by atoms with Gasteiger partial charge in [-0.2, -0.15) is 0 Å². The molecule has 2 aromatic heterocycles. The first-order valence-electron chi connectivity index (χ1n) is 9.75. The maximum absolute atomic E-state index is 12.6. The quantitative estimate of drug-likeness (QED) is 0.487. The second-order valence-corrected chi connectivity index (χ2v) is 7.72. The fraction of sp³-hybridized carbons (Fsp3) is 0.167. The molecule has 5 nitrogen and oxygen atoms in total. The van der Waals surface area contributed by atoms with Crippen LogP contribution in [-0.2, 0) is 13.1 Å². The number of aromatic nitrogens is 2. The number of fused-ring (bicyclic) bond motifs is 1. The van der Waals surface area contributed by atoms with Crippen LogP contribution in [0.4, 0.5) is 0 Å². The number of aromatic hydroxyl groups is 1. The van der Waals surface area contributed by atoms with Crippen LogP contribution in [0.25, 0.3) is 5.65 Å². The Morgan fingerprint density at radius 1 is 1.03 bits per heavy atom. The Morgan fingerprint density at radius 3 is 2.53 bits per heavy atom. The van der Waals surface area contributed by atoms with Crippen molar-refractivity contribution in [3.63, 3.8) is 0 Å². The Labute approximate surface area is 179 Å². The van der Waals surface area contributed by atoms with Gasteiger partial charge in [-0.15, -0.1) is 0 Å². The lowest BCUT2D eigenvalue weighted by atomic mass is 10.1. The standard InChI is InChI=1S/C24H22ClN3O2/c1-17(18-7-3-2-4-8-18)27(14-19-9-5-6-10-22(19)29)16-21-13-24(30)28-15-20(25)11-12-23(28)26-21/h2-13,15,17,29H,14,16H2,1H3/t17-/m0/s1. The zero-order valence-corrected chi connectivity index (χ0v) is 17.3. The van der Waals surface area contributed by atoms with E-state index in [4.69, 9.17) is 11.6 Å². The smallest absolute Gasteiger partial charge is 0.258 e. The van der Waals surface area contributed by atoms with Crippen molar-refractivity contribution >= 4 is 17.2 Å². The molecule has 2 aromatic carbocycles. The zero-order valence-electron chi connectivity index (χ0n) is 16.6. The maximum atomic E-state index is 12.6. The van der Waals surface area contributed by atoms with Crippen LogP contribution in [-0.4, -0.2) is 19.4 Å². The minimum atomic E-state index is -0.174. The number of para-hydroxylation sites is 1. The molecule has 0 saturated heterocycles. The van der Waals surface area contributed by atoms with Gasteiger partial charge in [0.05, 0.1) is 10.7 Å². The van der Waals surface area contributed by atoms with Crippen LogP contribution in [0.15, 0.2) is 83.8 Å². The van der Waals surface area contributed by atoms with Crippen molar-refractivity contribution in [1.82, 2.24) is 14.3 Å². The summed E-state index contributed by atoms with van der Waals surface area (Å²) in [5.41, 5.74) is 3.02. The van der Waals surface area contributed by atoms with E-state index < -0.39 is 0 Å². The van der Waals surface area contributed by atoms with Gasteiger partial charge in [-0.05, 0) is 30.7 Å². The number of halogens is 1. The van der Waals surface area contributed by atoms with Crippen LogP contribution in [0.3, 0.4) is 0 Å². The number of phenols is 1. The summed E-state index contributed by atoms with van der Waals surface area (Å²) in [6, 6.07) is 22.5. The lowest BCUT2D eigenvalue weighted by molar-refractivity contribution is 0.187. The lowest BCUT2D eigenvalue weighted by Crippen LogP contribution is -2.28. The highest BCUT2D eigenvalue weighted by atomic mass is 35.5. The summed E-state index contributed by atoms with van der Waals surface area (Å²) in [6.07, 6.45) is 1.57. The van der Waals surface area contributed by atoms with E-state index in [-0.39, 0.29) is 17.4 Å². The Hall–Kier alpha value is -3.15. The zero-order chi connectivity index (χ0) is 21.1. The van der Waals surface area contributed by atoms with E-state index in [1.165, 1.54) is 4.40 Å². The maximum Gasteiger partial charge on any atom is 0.258 e. The highest BCUT2D eigenvalue weighted by Crippen LogP contribution is 2.27. The highest BCUT2D eigenvalue weighted by molar-refractivity contribution is 6.30. The van der Waals surface area contributed by atoms with E-state index in [0.29, 0.717) is 29.5 Å². The third-order valence-corrected chi connectivity index (χ3v) is 5.46. The predicted octanol–water partition coefficient (Wildman–Crippen LogP) is 4.82. The first kappa shape index (κ1) is 20.1. The van der Waals surface area contributed by atoms with Crippen LogP contribution in [0.1, 0.15) is 29.8 Å². The summed E-state index contributed by atoms with van der Waals surface area (Å²) in [4.78, 5) is 19.4. The Bertz CT molecular complexity index is 1220. The lowest BCUT2D eigenvalue weighted by Gasteiger charge is -2.29. The molecule has 30 heavy (non-hydrogen) atoms. The molecule has 1 atom stereocenters. The summed E-state index contributed by atoms with van der Waals surface area (Å²) < 4.78 is 1.44. The SMILES string of the molecule is C[C@@H](c1ccccc1)N(Cc1cc(=O)n2cc(Cl)ccc2n1)Cc1ccccc1O. The Kier molecular flexibility index (Phi) is 5.84. The molecule has 0 spiro atoms. The molecule has 0 unspecified atom stereocenters. The second-order valence-electron chi connectivity index (χ2n) is 7.28. The van der Waals surface area contributed by atoms with Gasteiger partial charge in [0, 0.05) is 37.0 Å². The highest BCUT2D eigenvalue weighted by Gasteiger charge is 2.19. The topological polar surface area (TPSA) is 57.8 Å². The van der Waals surface area contributed by atoms with Crippen LogP contribution < -0.4 is 5.56 Å². The summed E-state index contributed by atoms with van der Waals surface area (Å²) >= 11 is 6.01. The van der Waals surface area contributed by atoms with Gasteiger partial charge >= 0.3 is 0 Å². The van der Waals surface area contributed by atoms with Crippen molar-refractivity contribution < 1.29 is 5.11 Å².